The van der Waals surface area contributed by atoms with Crippen molar-refractivity contribution in [3.63, 3.8) is 0 Å². The number of nitrogens with one attached hydrogen (secondary N) is 1. The highest BCUT2D eigenvalue weighted by atomic mass is 79.9. The van der Waals surface area contributed by atoms with Gasteiger partial charge in [-0.05, 0) is 18.2 Å². The Kier molecular flexibility index (Phi) is 4.99. The zero-order valence-corrected chi connectivity index (χ0v) is 11.0. The Morgan fingerprint density at radius 1 is 1.26 bits per heavy atom. The summed E-state index contributed by atoms with van der Waals surface area (Å²) in [6.45, 7) is 0. The van der Waals surface area contributed by atoms with Gasteiger partial charge in [0, 0.05) is 10.0 Å². The number of carboxylic acid groups (broad SMARTS) is 2. The van der Waals surface area contributed by atoms with Crippen LogP contribution < -0.4 is 5.32 Å². The molecular formula is C11H9BrFNO5. The van der Waals surface area contributed by atoms with Crippen LogP contribution in [0.1, 0.15) is 16.8 Å². The minimum Gasteiger partial charge on any atom is -0.481 e. The predicted molar refractivity (Wildman–Crippen MR) is 65.2 cm³/mol. The molecule has 6 nitrogen and oxygen atoms in total. The zero-order chi connectivity index (χ0) is 14.6. The van der Waals surface area contributed by atoms with Gasteiger partial charge in [-0.15, -0.1) is 0 Å². The molecule has 1 atom stereocenters. The number of hydrogen-bond acceptors (Lipinski definition) is 3. The molecule has 0 saturated carbocycles. The van der Waals surface area contributed by atoms with Crippen molar-refractivity contribution in [3.05, 3.63) is 34.1 Å². The van der Waals surface area contributed by atoms with Gasteiger partial charge < -0.3 is 15.5 Å². The third-order valence-corrected chi connectivity index (χ3v) is 2.56. The van der Waals surface area contributed by atoms with E-state index >= 15 is 0 Å². The summed E-state index contributed by atoms with van der Waals surface area (Å²) in [4.78, 5) is 32.9. The molecule has 102 valence electrons. The largest absolute Gasteiger partial charge is 0.481 e. The van der Waals surface area contributed by atoms with E-state index in [2.05, 4.69) is 15.9 Å². The molecule has 0 saturated heterocycles. The van der Waals surface area contributed by atoms with E-state index in [0.29, 0.717) is 4.47 Å². The summed E-state index contributed by atoms with van der Waals surface area (Å²) in [6.07, 6.45) is -0.766. The normalized spacial score (nSPS) is 11.7. The number of carbonyl (C=O) groups is 3. The van der Waals surface area contributed by atoms with Crippen molar-refractivity contribution in [2.75, 3.05) is 0 Å². The van der Waals surface area contributed by atoms with Crippen LogP contribution >= 0.6 is 15.9 Å². The van der Waals surface area contributed by atoms with Crippen LogP contribution in [0.3, 0.4) is 0 Å². The molecule has 3 N–H and O–H groups in total. The Labute approximate surface area is 115 Å². The van der Waals surface area contributed by atoms with Gasteiger partial charge in [-0.1, -0.05) is 15.9 Å². The Hall–Kier alpha value is -1.96. The van der Waals surface area contributed by atoms with Gasteiger partial charge in [-0.25, -0.2) is 9.18 Å². The highest BCUT2D eigenvalue weighted by Crippen LogP contribution is 2.15. The van der Waals surface area contributed by atoms with Crippen LogP contribution in [0.25, 0.3) is 0 Å². The zero-order valence-electron chi connectivity index (χ0n) is 9.39. The van der Waals surface area contributed by atoms with Gasteiger partial charge in [0.25, 0.3) is 5.91 Å². The first kappa shape index (κ1) is 15.1. The molecule has 1 rings (SSSR count). The number of rotatable bonds is 5. The van der Waals surface area contributed by atoms with Gasteiger partial charge in [-0.3, -0.25) is 9.59 Å². The molecule has 0 radical (unpaired) electrons. The molecule has 8 heteroatoms. The molecule has 0 aromatic heterocycles. The van der Waals surface area contributed by atoms with Crippen LogP contribution in [0.4, 0.5) is 4.39 Å². The number of carboxylic acids is 2. The van der Waals surface area contributed by atoms with Crippen LogP contribution in [0.5, 0.6) is 0 Å². The van der Waals surface area contributed by atoms with E-state index in [0.717, 1.165) is 12.1 Å². The fourth-order valence-electron chi connectivity index (χ4n) is 1.30. The van der Waals surface area contributed by atoms with Gasteiger partial charge in [0.1, 0.15) is 11.9 Å². The van der Waals surface area contributed by atoms with Crippen molar-refractivity contribution in [2.45, 2.75) is 12.5 Å². The van der Waals surface area contributed by atoms with E-state index in [-0.39, 0.29) is 5.56 Å². The van der Waals surface area contributed by atoms with Crippen molar-refractivity contribution in [1.29, 1.82) is 0 Å². The fourth-order valence-corrected chi connectivity index (χ4v) is 1.77. The van der Waals surface area contributed by atoms with E-state index in [1.165, 1.54) is 6.07 Å². The van der Waals surface area contributed by atoms with Crippen LogP contribution in [-0.2, 0) is 9.59 Å². The number of amides is 1. The first-order chi connectivity index (χ1) is 8.79. The third kappa shape index (κ3) is 4.66. The maximum Gasteiger partial charge on any atom is 0.326 e. The monoisotopic (exact) mass is 333 g/mol. The van der Waals surface area contributed by atoms with Crippen LogP contribution in [0.15, 0.2) is 22.7 Å². The summed E-state index contributed by atoms with van der Waals surface area (Å²) < 4.78 is 13.4. The number of hydrogen-bond donors (Lipinski definition) is 3. The summed E-state index contributed by atoms with van der Waals surface area (Å²) in [5.41, 5.74) is -0.108. The molecule has 0 fully saturated rings. The average Bonchev–Trinajstić information content (AvgIpc) is 2.25. The van der Waals surface area contributed by atoms with E-state index in [9.17, 15) is 18.8 Å². The standard InChI is InChI=1S/C11H9BrFNO5/c12-6-1-5(2-7(13)3-6)10(17)14-8(11(18)19)4-9(15)16/h1-3,8H,4H2,(H,14,17)(H,15,16)(H,18,19)/t8-/m1/s1. The van der Waals surface area contributed by atoms with Gasteiger partial charge in [0.15, 0.2) is 0 Å². The molecule has 0 aliphatic carbocycles. The molecule has 19 heavy (non-hydrogen) atoms. The Balaban J connectivity index is 2.87. The second-order valence-electron chi connectivity index (χ2n) is 3.62. The molecule has 0 unspecified atom stereocenters. The maximum atomic E-state index is 13.1. The van der Waals surface area contributed by atoms with Crippen LogP contribution in [0, 0.1) is 5.82 Å². The van der Waals surface area contributed by atoms with Crippen molar-refractivity contribution < 1.29 is 29.0 Å². The molecule has 1 aromatic rings. The smallest absolute Gasteiger partial charge is 0.326 e. The molecule has 0 bridgehead atoms. The fraction of sp³-hybridized carbons (Fsp3) is 0.182. The lowest BCUT2D eigenvalue weighted by Crippen LogP contribution is -2.42. The maximum absolute atomic E-state index is 13.1. The van der Waals surface area contributed by atoms with Gasteiger partial charge in [0.2, 0.25) is 0 Å². The van der Waals surface area contributed by atoms with Gasteiger partial charge in [-0.2, -0.15) is 0 Å². The van der Waals surface area contributed by atoms with Crippen LogP contribution in [0.2, 0.25) is 0 Å². The van der Waals surface area contributed by atoms with E-state index in [4.69, 9.17) is 10.2 Å². The number of carbonyl (C=O) groups excluding carboxylic acids is 1. The number of aliphatic carboxylic acids is 2. The Morgan fingerprint density at radius 3 is 2.37 bits per heavy atom. The van der Waals surface area contributed by atoms with E-state index in [1.54, 1.807) is 0 Å². The number of halogens is 2. The molecule has 0 heterocycles. The Morgan fingerprint density at radius 2 is 1.89 bits per heavy atom. The van der Waals surface area contributed by atoms with E-state index in [1.807, 2.05) is 5.32 Å². The lowest BCUT2D eigenvalue weighted by Gasteiger charge is -2.12. The Bertz CT molecular complexity index is 514. The molecule has 0 spiro atoms. The van der Waals surface area contributed by atoms with Gasteiger partial charge >= 0.3 is 11.9 Å². The SMILES string of the molecule is O=C(O)C[C@@H](NC(=O)c1cc(F)cc(Br)c1)C(=O)O. The predicted octanol–water partition coefficient (Wildman–Crippen LogP) is 1.25. The molecular weight excluding hydrogens is 325 g/mol. The molecule has 0 aliphatic heterocycles. The summed E-state index contributed by atoms with van der Waals surface area (Å²) in [7, 11) is 0. The first-order valence-corrected chi connectivity index (χ1v) is 5.80. The lowest BCUT2D eigenvalue weighted by molar-refractivity contribution is -0.145. The quantitative estimate of drug-likeness (QED) is 0.752. The topological polar surface area (TPSA) is 104 Å². The molecule has 1 aromatic carbocycles. The van der Waals surface area contributed by atoms with Crippen molar-refractivity contribution in [1.82, 2.24) is 5.32 Å². The van der Waals surface area contributed by atoms with Crippen LogP contribution in [-0.4, -0.2) is 34.1 Å². The third-order valence-electron chi connectivity index (χ3n) is 2.11. The second kappa shape index (κ2) is 6.28. The summed E-state index contributed by atoms with van der Waals surface area (Å²) in [5, 5.41) is 19.3. The van der Waals surface area contributed by atoms with Gasteiger partial charge in [0.05, 0.1) is 6.42 Å². The summed E-state index contributed by atoms with van der Waals surface area (Å²) >= 11 is 2.99. The summed E-state index contributed by atoms with van der Waals surface area (Å²) in [6, 6.07) is 1.76. The summed E-state index contributed by atoms with van der Waals surface area (Å²) in [5.74, 6) is -4.39. The minimum absolute atomic E-state index is 0.108. The highest BCUT2D eigenvalue weighted by Gasteiger charge is 2.23. The van der Waals surface area contributed by atoms with Crippen molar-refractivity contribution >= 4 is 33.8 Å². The first-order valence-electron chi connectivity index (χ1n) is 5.01. The minimum atomic E-state index is -1.58. The number of benzene rings is 1. The second-order valence-corrected chi connectivity index (χ2v) is 4.54. The molecule has 0 aliphatic rings. The molecule has 1 amide bonds. The highest BCUT2D eigenvalue weighted by molar-refractivity contribution is 9.10. The lowest BCUT2D eigenvalue weighted by atomic mass is 10.1. The van der Waals surface area contributed by atoms with Crippen molar-refractivity contribution in [3.8, 4) is 0 Å². The van der Waals surface area contributed by atoms with E-state index < -0.39 is 36.1 Å². The van der Waals surface area contributed by atoms with Crippen molar-refractivity contribution in [2.24, 2.45) is 0 Å². The average molecular weight is 334 g/mol.